The van der Waals surface area contributed by atoms with Gasteiger partial charge in [0.2, 0.25) is 0 Å². The molecule has 0 bridgehead atoms. The van der Waals surface area contributed by atoms with Crippen LogP contribution in [0, 0.1) is 11.6 Å². The Kier molecular flexibility index (Phi) is 6.09. The van der Waals surface area contributed by atoms with Gasteiger partial charge in [0.25, 0.3) is 0 Å². The number of phenolic OH excluding ortho intramolecular Hbond substituents is 2. The number of hydrogen-bond acceptors (Lipinski definition) is 3. The van der Waals surface area contributed by atoms with Crippen molar-refractivity contribution in [1.29, 1.82) is 0 Å². The minimum atomic E-state index is -0.804. The number of rotatable bonds is 1. The molecule has 0 amide bonds. The van der Waals surface area contributed by atoms with Crippen LogP contribution in [0.25, 0.3) is 0 Å². The average Bonchev–Trinajstić information content (AvgIpc) is 2.39. The molecule has 20 heavy (non-hydrogen) atoms. The van der Waals surface area contributed by atoms with E-state index in [1.54, 1.807) is 6.07 Å². The normalized spacial score (nSPS) is 9.60. The number of halogens is 4. The third kappa shape index (κ3) is 4.57. The van der Waals surface area contributed by atoms with Crippen LogP contribution in [0.3, 0.4) is 0 Å². The lowest BCUT2D eigenvalue weighted by Crippen LogP contribution is -1.85. The molecule has 0 saturated heterocycles. The van der Waals surface area contributed by atoms with E-state index in [1.807, 2.05) is 0 Å². The molecule has 2 aromatic rings. The van der Waals surface area contributed by atoms with E-state index in [-0.39, 0.29) is 11.3 Å². The first-order chi connectivity index (χ1) is 9.35. The summed E-state index contributed by atoms with van der Waals surface area (Å²) in [6.45, 7) is 0. The number of aromatic hydroxyl groups is 2. The van der Waals surface area contributed by atoms with Gasteiger partial charge in [0.05, 0.1) is 5.56 Å². The van der Waals surface area contributed by atoms with Gasteiger partial charge in [-0.05, 0) is 30.3 Å². The van der Waals surface area contributed by atoms with Gasteiger partial charge in [-0.3, -0.25) is 4.79 Å². The second-order valence-electron chi connectivity index (χ2n) is 3.54. The Morgan fingerprint density at radius 1 is 0.950 bits per heavy atom. The zero-order valence-electron chi connectivity index (χ0n) is 9.78. The van der Waals surface area contributed by atoms with E-state index in [9.17, 15) is 13.6 Å². The molecule has 0 spiro atoms. The fourth-order valence-electron chi connectivity index (χ4n) is 1.16. The molecule has 0 fully saturated rings. The molecule has 0 aliphatic rings. The third-order valence-electron chi connectivity index (χ3n) is 2.09. The Bertz CT molecular complexity index is 633. The highest BCUT2D eigenvalue weighted by molar-refractivity contribution is 9.10. The second kappa shape index (κ2) is 7.35. The van der Waals surface area contributed by atoms with Crippen molar-refractivity contribution in [2.24, 2.45) is 0 Å². The number of carbonyl (C=O) groups excluding carboxylic acids is 1. The summed E-state index contributed by atoms with van der Waals surface area (Å²) >= 11 is 6.02. The summed E-state index contributed by atoms with van der Waals surface area (Å²) in [6.07, 6.45) is 0.392. The SMILES string of the molecule is O=Cc1cc(Br)cc(F)c1O.Oc1ccc(Br)cc1F. The van der Waals surface area contributed by atoms with Gasteiger partial charge >= 0.3 is 0 Å². The quantitative estimate of drug-likeness (QED) is 0.686. The average molecular weight is 410 g/mol. The van der Waals surface area contributed by atoms with Crippen molar-refractivity contribution in [2.45, 2.75) is 0 Å². The molecule has 106 valence electrons. The zero-order valence-corrected chi connectivity index (χ0v) is 13.0. The van der Waals surface area contributed by atoms with Gasteiger partial charge in [-0.15, -0.1) is 0 Å². The summed E-state index contributed by atoms with van der Waals surface area (Å²) in [5.41, 5.74) is -0.0584. The van der Waals surface area contributed by atoms with Gasteiger partial charge in [-0.25, -0.2) is 8.78 Å². The van der Waals surface area contributed by atoms with E-state index in [2.05, 4.69) is 31.9 Å². The van der Waals surface area contributed by atoms with Crippen LogP contribution < -0.4 is 0 Å². The first-order valence-electron chi connectivity index (χ1n) is 5.12. The van der Waals surface area contributed by atoms with Crippen LogP contribution in [-0.2, 0) is 0 Å². The number of aldehydes is 1. The van der Waals surface area contributed by atoms with Gasteiger partial charge in [0.1, 0.15) is 0 Å². The lowest BCUT2D eigenvalue weighted by Gasteiger charge is -1.98. The van der Waals surface area contributed by atoms with E-state index in [0.717, 1.165) is 6.07 Å². The van der Waals surface area contributed by atoms with Gasteiger partial charge in [0, 0.05) is 8.95 Å². The smallest absolute Gasteiger partial charge is 0.166 e. The Balaban J connectivity index is 0.000000204. The van der Waals surface area contributed by atoms with Crippen LogP contribution >= 0.6 is 31.9 Å². The molecular weight excluding hydrogens is 402 g/mol. The highest BCUT2D eigenvalue weighted by Crippen LogP contribution is 2.24. The summed E-state index contributed by atoms with van der Waals surface area (Å²) in [5.74, 6) is -2.34. The lowest BCUT2D eigenvalue weighted by atomic mass is 10.2. The maximum atomic E-state index is 12.6. The molecule has 0 aliphatic heterocycles. The molecule has 0 radical (unpaired) electrons. The molecule has 0 heterocycles. The molecule has 2 N–H and O–H groups in total. The minimum Gasteiger partial charge on any atom is -0.505 e. The summed E-state index contributed by atoms with van der Waals surface area (Å²) in [4.78, 5) is 10.2. The van der Waals surface area contributed by atoms with Gasteiger partial charge in [-0.1, -0.05) is 31.9 Å². The summed E-state index contributed by atoms with van der Waals surface area (Å²) in [5, 5.41) is 17.5. The molecule has 3 nitrogen and oxygen atoms in total. The van der Waals surface area contributed by atoms with E-state index >= 15 is 0 Å². The van der Waals surface area contributed by atoms with Crippen molar-refractivity contribution in [3.63, 3.8) is 0 Å². The first kappa shape index (κ1) is 16.6. The highest BCUT2D eigenvalue weighted by atomic mass is 79.9. The summed E-state index contributed by atoms with van der Waals surface area (Å²) < 4.78 is 25.9. The summed E-state index contributed by atoms with van der Waals surface area (Å²) in [6, 6.07) is 6.49. The predicted molar refractivity (Wildman–Crippen MR) is 76.9 cm³/mol. The van der Waals surface area contributed by atoms with E-state index < -0.39 is 17.4 Å². The molecule has 0 aliphatic carbocycles. The predicted octanol–water partition coefficient (Wildman–Crippen LogP) is 4.40. The maximum absolute atomic E-state index is 12.6. The second-order valence-corrected chi connectivity index (χ2v) is 5.37. The van der Waals surface area contributed by atoms with Crippen molar-refractivity contribution in [3.05, 3.63) is 56.5 Å². The fourth-order valence-corrected chi connectivity index (χ4v) is 1.94. The van der Waals surface area contributed by atoms with Crippen LogP contribution in [0.1, 0.15) is 10.4 Å². The fraction of sp³-hybridized carbons (Fsp3) is 0. The molecule has 0 unspecified atom stereocenters. The summed E-state index contributed by atoms with van der Waals surface area (Å²) in [7, 11) is 0. The van der Waals surface area contributed by atoms with Crippen molar-refractivity contribution < 1.29 is 23.8 Å². The number of phenols is 2. The Labute approximate surface area is 130 Å². The third-order valence-corrected chi connectivity index (χ3v) is 3.05. The van der Waals surface area contributed by atoms with Crippen molar-refractivity contribution in [2.75, 3.05) is 0 Å². The monoisotopic (exact) mass is 408 g/mol. The minimum absolute atomic E-state index is 0.0584. The van der Waals surface area contributed by atoms with Crippen molar-refractivity contribution in [3.8, 4) is 11.5 Å². The highest BCUT2D eigenvalue weighted by Gasteiger charge is 2.07. The Morgan fingerprint density at radius 3 is 2.05 bits per heavy atom. The van der Waals surface area contributed by atoms with Gasteiger partial charge < -0.3 is 10.2 Å². The molecular formula is C13H8Br2F2O3. The number of carbonyl (C=O) groups is 1. The Morgan fingerprint density at radius 2 is 1.55 bits per heavy atom. The molecule has 2 aromatic carbocycles. The lowest BCUT2D eigenvalue weighted by molar-refractivity contribution is 0.112. The zero-order chi connectivity index (χ0) is 15.3. The molecule has 0 atom stereocenters. The van der Waals surface area contributed by atoms with Crippen molar-refractivity contribution in [1.82, 2.24) is 0 Å². The topological polar surface area (TPSA) is 57.5 Å². The first-order valence-corrected chi connectivity index (χ1v) is 6.71. The van der Waals surface area contributed by atoms with Crippen molar-refractivity contribution >= 4 is 38.1 Å². The van der Waals surface area contributed by atoms with Crippen LogP contribution in [0.4, 0.5) is 8.78 Å². The van der Waals surface area contributed by atoms with Crippen LogP contribution in [0.5, 0.6) is 11.5 Å². The van der Waals surface area contributed by atoms with E-state index in [4.69, 9.17) is 10.2 Å². The van der Waals surface area contributed by atoms with Crippen LogP contribution in [0.15, 0.2) is 39.3 Å². The van der Waals surface area contributed by atoms with Crippen LogP contribution in [-0.4, -0.2) is 16.5 Å². The number of hydrogen-bond donors (Lipinski definition) is 2. The largest absolute Gasteiger partial charge is 0.505 e. The maximum Gasteiger partial charge on any atom is 0.166 e. The van der Waals surface area contributed by atoms with Gasteiger partial charge in [0.15, 0.2) is 29.4 Å². The van der Waals surface area contributed by atoms with Gasteiger partial charge in [-0.2, -0.15) is 0 Å². The number of benzene rings is 2. The standard InChI is InChI=1S/C7H4BrFO2.C6H4BrFO/c8-5-1-4(3-10)7(11)6(9)2-5;7-4-1-2-6(9)5(8)3-4/h1-3,11H;1-3,9H. The van der Waals surface area contributed by atoms with Crippen LogP contribution in [0.2, 0.25) is 0 Å². The molecule has 0 saturated carbocycles. The molecule has 2 rings (SSSR count). The van der Waals surface area contributed by atoms with E-state index in [0.29, 0.717) is 15.2 Å². The van der Waals surface area contributed by atoms with E-state index in [1.165, 1.54) is 18.2 Å². The molecule has 0 aromatic heterocycles. The Hall–Kier alpha value is -1.47. The molecule has 7 heteroatoms.